The quantitative estimate of drug-likeness (QED) is 0.774. The van der Waals surface area contributed by atoms with E-state index in [4.69, 9.17) is 0 Å². The summed E-state index contributed by atoms with van der Waals surface area (Å²) in [6.45, 7) is 0.916. The molecule has 3 rings (SSSR count). The van der Waals surface area contributed by atoms with E-state index in [9.17, 15) is 14.7 Å². The molecule has 3 N–H and O–H groups in total. The summed E-state index contributed by atoms with van der Waals surface area (Å²) in [6.07, 6.45) is 2.90. The molecule has 21 heavy (non-hydrogen) atoms. The number of amides is 1. The zero-order chi connectivity index (χ0) is 14.9. The molecule has 0 bridgehead atoms. The Labute approximate surface area is 123 Å². The predicted octanol–water partition coefficient (Wildman–Crippen LogP) is 1.07. The first-order valence-electron chi connectivity index (χ1n) is 7.42. The van der Waals surface area contributed by atoms with Gasteiger partial charge in [0.25, 0.3) is 0 Å². The monoisotopic (exact) mass is 288 g/mol. The van der Waals surface area contributed by atoms with Gasteiger partial charge in [0.15, 0.2) is 0 Å². The van der Waals surface area contributed by atoms with Crippen molar-refractivity contribution in [3.63, 3.8) is 0 Å². The summed E-state index contributed by atoms with van der Waals surface area (Å²) >= 11 is 0. The Morgan fingerprint density at radius 3 is 2.62 bits per heavy atom. The number of hydrogen-bond donors (Lipinski definition) is 3. The highest BCUT2D eigenvalue weighted by Gasteiger charge is 2.44. The van der Waals surface area contributed by atoms with Crippen molar-refractivity contribution in [2.45, 2.75) is 38.3 Å². The fraction of sp³-hybridized carbons (Fsp3) is 0.500. The topological polar surface area (TPSA) is 78.4 Å². The molecule has 5 nitrogen and oxygen atoms in total. The number of fused-ring (bicyclic) bond motifs is 1. The molecule has 112 valence electrons. The summed E-state index contributed by atoms with van der Waals surface area (Å²) < 4.78 is 0. The number of benzene rings is 1. The molecule has 1 heterocycles. The number of aliphatic carboxylic acids is 1. The SMILES string of the molecule is O=C(NCC1(C(=O)O)CCC1)[C@@H]1Cc2ccccc2CN1. The van der Waals surface area contributed by atoms with Crippen LogP contribution in [0.1, 0.15) is 30.4 Å². The molecular weight excluding hydrogens is 268 g/mol. The van der Waals surface area contributed by atoms with Gasteiger partial charge in [-0.1, -0.05) is 30.7 Å². The zero-order valence-corrected chi connectivity index (χ0v) is 11.9. The number of carboxylic acid groups (broad SMARTS) is 1. The molecule has 0 spiro atoms. The third-order valence-electron chi connectivity index (χ3n) is 4.76. The van der Waals surface area contributed by atoms with Crippen LogP contribution >= 0.6 is 0 Å². The lowest BCUT2D eigenvalue weighted by atomic mass is 9.69. The molecular formula is C16H20N2O3. The van der Waals surface area contributed by atoms with Crippen LogP contribution < -0.4 is 10.6 Å². The maximum Gasteiger partial charge on any atom is 0.311 e. The minimum Gasteiger partial charge on any atom is -0.481 e. The van der Waals surface area contributed by atoms with Crippen LogP contribution in [0.15, 0.2) is 24.3 Å². The second-order valence-corrected chi connectivity index (χ2v) is 6.06. The van der Waals surface area contributed by atoms with Crippen molar-refractivity contribution in [1.29, 1.82) is 0 Å². The van der Waals surface area contributed by atoms with Crippen LogP contribution in [0.5, 0.6) is 0 Å². The van der Waals surface area contributed by atoms with E-state index in [1.54, 1.807) is 0 Å². The number of hydrogen-bond acceptors (Lipinski definition) is 3. The highest BCUT2D eigenvalue weighted by molar-refractivity contribution is 5.84. The van der Waals surface area contributed by atoms with Crippen molar-refractivity contribution in [3.8, 4) is 0 Å². The molecule has 1 aromatic carbocycles. The van der Waals surface area contributed by atoms with E-state index in [0.29, 0.717) is 25.8 Å². The van der Waals surface area contributed by atoms with Gasteiger partial charge in [-0.15, -0.1) is 0 Å². The summed E-state index contributed by atoms with van der Waals surface area (Å²) in [5, 5.41) is 15.3. The molecule has 1 saturated carbocycles. The molecule has 1 fully saturated rings. The van der Waals surface area contributed by atoms with Crippen LogP contribution in [-0.2, 0) is 22.6 Å². The Morgan fingerprint density at radius 2 is 2.00 bits per heavy atom. The minimum atomic E-state index is -0.795. The molecule has 1 aliphatic carbocycles. The van der Waals surface area contributed by atoms with Crippen molar-refractivity contribution in [2.24, 2.45) is 5.41 Å². The van der Waals surface area contributed by atoms with E-state index >= 15 is 0 Å². The molecule has 1 atom stereocenters. The van der Waals surface area contributed by atoms with E-state index in [1.165, 1.54) is 11.1 Å². The van der Waals surface area contributed by atoms with Crippen molar-refractivity contribution in [2.75, 3.05) is 6.54 Å². The third kappa shape index (κ3) is 2.65. The minimum absolute atomic E-state index is 0.1000. The van der Waals surface area contributed by atoms with Gasteiger partial charge in [-0.3, -0.25) is 9.59 Å². The number of rotatable bonds is 4. The Bertz CT molecular complexity index is 566. The van der Waals surface area contributed by atoms with Crippen LogP contribution in [0.2, 0.25) is 0 Å². The standard InChI is InChI=1S/C16H20N2O3/c19-14(18-10-16(15(20)21)6-3-7-16)13-8-11-4-1-2-5-12(11)9-17-13/h1-2,4-5,13,17H,3,6-10H2,(H,18,19)(H,20,21)/t13-/m0/s1. The summed E-state index contributed by atoms with van der Waals surface area (Å²) in [6, 6.07) is 7.80. The number of nitrogens with one attached hydrogen (secondary N) is 2. The highest BCUT2D eigenvalue weighted by atomic mass is 16.4. The molecule has 2 aliphatic rings. The lowest BCUT2D eigenvalue weighted by molar-refractivity contribution is -0.154. The zero-order valence-electron chi connectivity index (χ0n) is 11.9. The van der Waals surface area contributed by atoms with Crippen LogP contribution in [0, 0.1) is 5.41 Å². The fourth-order valence-corrected chi connectivity index (χ4v) is 3.09. The van der Waals surface area contributed by atoms with E-state index in [0.717, 1.165) is 6.42 Å². The Balaban J connectivity index is 1.59. The molecule has 0 unspecified atom stereocenters. The summed E-state index contributed by atoms with van der Waals surface area (Å²) in [5.74, 6) is -0.895. The normalized spacial score (nSPS) is 22.8. The Hall–Kier alpha value is -1.88. The predicted molar refractivity (Wildman–Crippen MR) is 77.7 cm³/mol. The van der Waals surface area contributed by atoms with Crippen molar-refractivity contribution in [3.05, 3.63) is 35.4 Å². The van der Waals surface area contributed by atoms with Crippen LogP contribution in [0.4, 0.5) is 0 Å². The highest BCUT2D eigenvalue weighted by Crippen LogP contribution is 2.40. The second-order valence-electron chi connectivity index (χ2n) is 6.06. The average Bonchev–Trinajstić information content (AvgIpc) is 2.45. The summed E-state index contributed by atoms with van der Waals surface area (Å²) in [5.41, 5.74) is 1.68. The van der Waals surface area contributed by atoms with Gasteiger partial charge >= 0.3 is 5.97 Å². The van der Waals surface area contributed by atoms with Gasteiger partial charge in [0.05, 0.1) is 11.5 Å². The Morgan fingerprint density at radius 1 is 1.29 bits per heavy atom. The molecule has 0 radical (unpaired) electrons. The van der Waals surface area contributed by atoms with E-state index < -0.39 is 11.4 Å². The molecule has 1 aromatic rings. The van der Waals surface area contributed by atoms with Gasteiger partial charge in [-0.25, -0.2) is 0 Å². The fourth-order valence-electron chi connectivity index (χ4n) is 3.09. The molecule has 0 aromatic heterocycles. The molecule has 5 heteroatoms. The lowest BCUT2D eigenvalue weighted by Crippen LogP contribution is -2.53. The maximum absolute atomic E-state index is 12.3. The van der Waals surface area contributed by atoms with Gasteiger partial charge in [0.1, 0.15) is 0 Å². The third-order valence-corrected chi connectivity index (χ3v) is 4.76. The van der Waals surface area contributed by atoms with E-state index in [2.05, 4.69) is 16.7 Å². The van der Waals surface area contributed by atoms with Gasteiger partial charge < -0.3 is 15.7 Å². The van der Waals surface area contributed by atoms with Crippen LogP contribution in [0.3, 0.4) is 0 Å². The first kappa shape index (κ1) is 14.1. The average molecular weight is 288 g/mol. The van der Waals surface area contributed by atoms with Crippen molar-refractivity contribution in [1.82, 2.24) is 10.6 Å². The van der Waals surface area contributed by atoms with Crippen molar-refractivity contribution < 1.29 is 14.7 Å². The van der Waals surface area contributed by atoms with E-state index in [1.807, 2.05) is 18.2 Å². The van der Waals surface area contributed by atoms with Crippen LogP contribution in [-0.4, -0.2) is 29.6 Å². The smallest absolute Gasteiger partial charge is 0.311 e. The van der Waals surface area contributed by atoms with Crippen LogP contribution in [0.25, 0.3) is 0 Å². The number of carbonyl (C=O) groups is 2. The van der Waals surface area contributed by atoms with Gasteiger partial charge in [0, 0.05) is 13.1 Å². The molecule has 1 amide bonds. The summed E-state index contributed by atoms with van der Waals surface area (Å²) in [7, 11) is 0. The van der Waals surface area contributed by atoms with E-state index in [-0.39, 0.29) is 18.5 Å². The molecule has 1 aliphatic heterocycles. The summed E-state index contributed by atoms with van der Waals surface area (Å²) in [4.78, 5) is 23.5. The van der Waals surface area contributed by atoms with Crippen molar-refractivity contribution >= 4 is 11.9 Å². The first-order chi connectivity index (χ1) is 10.1. The Kier molecular flexibility index (Phi) is 3.68. The number of carboxylic acids is 1. The first-order valence-corrected chi connectivity index (χ1v) is 7.42. The largest absolute Gasteiger partial charge is 0.481 e. The van der Waals surface area contributed by atoms with Gasteiger partial charge in [-0.05, 0) is 30.4 Å². The molecule has 0 saturated heterocycles. The van der Waals surface area contributed by atoms with Gasteiger partial charge in [0.2, 0.25) is 5.91 Å². The second kappa shape index (κ2) is 5.48. The maximum atomic E-state index is 12.3. The number of carbonyl (C=O) groups excluding carboxylic acids is 1. The lowest BCUT2D eigenvalue weighted by Gasteiger charge is -2.38. The van der Waals surface area contributed by atoms with Gasteiger partial charge in [-0.2, -0.15) is 0 Å².